The van der Waals surface area contributed by atoms with Gasteiger partial charge < -0.3 is 10.4 Å². The predicted molar refractivity (Wildman–Crippen MR) is 109 cm³/mol. The van der Waals surface area contributed by atoms with Crippen LogP contribution in [0, 0.1) is 5.92 Å². The molecule has 8 heteroatoms. The molecule has 2 aromatic carbocycles. The number of imide groups is 1. The van der Waals surface area contributed by atoms with Gasteiger partial charge in [0.25, 0.3) is 17.7 Å². The Morgan fingerprint density at radius 2 is 1.47 bits per heavy atom. The van der Waals surface area contributed by atoms with Crippen molar-refractivity contribution < 1.29 is 24.3 Å². The Labute approximate surface area is 173 Å². The Morgan fingerprint density at radius 3 is 2.00 bits per heavy atom. The van der Waals surface area contributed by atoms with E-state index in [4.69, 9.17) is 0 Å². The van der Waals surface area contributed by atoms with Crippen LogP contribution in [-0.2, 0) is 4.79 Å². The summed E-state index contributed by atoms with van der Waals surface area (Å²) in [5.41, 5.74) is 3.89. The number of benzene rings is 2. The number of hydrogen-bond acceptors (Lipinski definition) is 5. The molecule has 3 atom stereocenters. The van der Waals surface area contributed by atoms with Gasteiger partial charge in [0.2, 0.25) is 0 Å². The number of nitrogens with one attached hydrogen (secondary N) is 2. The first-order valence-electron chi connectivity index (χ1n) is 9.62. The van der Waals surface area contributed by atoms with Crippen LogP contribution < -0.4 is 10.7 Å². The second kappa shape index (κ2) is 8.87. The third-order valence-corrected chi connectivity index (χ3v) is 5.03. The number of carbonyl (C=O) groups excluding carboxylic acids is 3. The summed E-state index contributed by atoms with van der Waals surface area (Å²) >= 11 is 0. The lowest BCUT2D eigenvalue weighted by Gasteiger charge is -2.27. The van der Waals surface area contributed by atoms with Crippen LogP contribution in [0.4, 0.5) is 0 Å². The van der Waals surface area contributed by atoms with E-state index in [1.165, 1.54) is 0 Å². The summed E-state index contributed by atoms with van der Waals surface area (Å²) in [6, 6.07) is 13.4. The summed E-state index contributed by atoms with van der Waals surface area (Å²) < 4.78 is 0. The molecule has 156 valence electrons. The second-order valence-corrected chi connectivity index (χ2v) is 7.39. The molecule has 3 rings (SSSR count). The van der Waals surface area contributed by atoms with E-state index in [1.54, 1.807) is 68.4 Å². The zero-order valence-corrected chi connectivity index (χ0v) is 16.7. The maximum absolute atomic E-state index is 12.5. The van der Waals surface area contributed by atoms with E-state index in [0.29, 0.717) is 23.1 Å². The van der Waals surface area contributed by atoms with Crippen molar-refractivity contribution in [2.45, 2.75) is 32.4 Å². The van der Waals surface area contributed by atoms with Crippen molar-refractivity contribution in [2.24, 2.45) is 5.92 Å². The molecule has 0 radical (unpaired) electrons. The number of fused-ring (bicyclic) bond motifs is 1. The SMILES string of the molecule is CC(CC(C)C(NC(=O)c1ccccc1)C(=O)O)NN1C(=O)c2ccccc2C1=O. The molecular weight excluding hydrogens is 386 g/mol. The fourth-order valence-electron chi connectivity index (χ4n) is 3.53. The van der Waals surface area contributed by atoms with Crippen LogP contribution in [-0.4, -0.2) is 45.9 Å². The Balaban J connectivity index is 1.63. The summed E-state index contributed by atoms with van der Waals surface area (Å²) in [7, 11) is 0. The standard InChI is InChI=1S/C22H23N3O5/c1-13(18(22(29)30)23-19(26)15-8-4-3-5-9-15)12-14(2)24-25-20(27)16-10-6-7-11-17(16)21(25)28/h3-11,13-14,18,24H,12H2,1-2H3,(H,23,26)(H,29,30). The molecule has 2 aromatic rings. The maximum Gasteiger partial charge on any atom is 0.326 e. The molecule has 1 heterocycles. The van der Waals surface area contributed by atoms with Crippen molar-refractivity contribution in [1.29, 1.82) is 0 Å². The van der Waals surface area contributed by atoms with E-state index < -0.39 is 41.7 Å². The highest BCUT2D eigenvalue weighted by molar-refractivity contribution is 6.20. The van der Waals surface area contributed by atoms with E-state index in [2.05, 4.69) is 10.7 Å². The van der Waals surface area contributed by atoms with Gasteiger partial charge in [0.05, 0.1) is 11.1 Å². The average Bonchev–Trinajstić information content (AvgIpc) is 2.97. The van der Waals surface area contributed by atoms with Crippen LogP contribution >= 0.6 is 0 Å². The molecule has 3 unspecified atom stereocenters. The number of carboxylic acid groups (broad SMARTS) is 1. The molecule has 0 spiro atoms. The van der Waals surface area contributed by atoms with Gasteiger partial charge in [-0.25, -0.2) is 15.2 Å². The number of carbonyl (C=O) groups is 4. The summed E-state index contributed by atoms with van der Waals surface area (Å²) in [6.07, 6.45) is 0.305. The summed E-state index contributed by atoms with van der Waals surface area (Å²) in [4.78, 5) is 49.0. The molecular formula is C22H23N3O5. The van der Waals surface area contributed by atoms with E-state index in [-0.39, 0.29) is 0 Å². The third kappa shape index (κ3) is 4.38. The van der Waals surface area contributed by atoms with Crippen molar-refractivity contribution in [2.75, 3.05) is 0 Å². The fraction of sp³-hybridized carbons (Fsp3) is 0.273. The maximum atomic E-state index is 12.5. The lowest BCUT2D eigenvalue weighted by atomic mass is 9.94. The zero-order valence-electron chi connectivity index (χ0n) is 16.7. The first kappa shape index (κ1) is 21.2. The Kier molecular flexibility index (Phi) is 6.27. The highest BCUT2D eigenvalue weighted by Crippen LogP contribution is 2.22. The van der Waals surface area contributed by atoms with Gasteiger partial charge in [-0.05, 0) is 43.5 Å². The van der Waals surface area contributed by atoms with Crippen LogP contribution in [0.1, 0.15) is 51.3 Å². The molecule has 0 bridgehead atoms. The van der Waals surface area contributed by atoms with Crippen molar-refractivity contribution in [3.05, 3.63) is 71.3 Å². The quantitative estimate of drug-likeness (QED) is 0.575. The van der Waals surface area contributed by atoms with Gasteiger partial charge in [-0.15, -0.1) is 0 Å². The number of hydrazine groups is 1. The molecule has 0 aromatic heterocycles. The van der Waals surface area contributed by atoms with Crippen LogP contribution in [0.25, 0.3) is 0 Å². The first-order valence-corrected chi connectivity index (χ1v) is 9.62. The van der Waals surface area contributed by atoms with Gasteiger partial charge >= 0.3 is 5.97 Å². The summed E-state index contributed by atoms with van der Waals surface area (Å²) in [5.74, 6) is -2.98. The molecule has 0 aliphatic carbocycles. The monoisotopic (exact) mass is 409 g/mol. The van der Waals surface area contributed by atoms with Gasteiger partial charge in [0.15, 0.2) is 0 Å². The fourth-order valence-corrected chi connectivity index (χ4v) is 3.53. The van der Waals surface area contributed by atoms with Crippen molar-refractivity contribution in [1.82, 2.24) is 15.8 Å². The van der Waals surface area contributed by atoms with Crippen LogP contribution in [0.15, 0.2) is 54.6 Å². The molecule has 1 aliphatic heterocycles. The summed E-state index contributed by atoms with van der Waals surface area (Å²) in [5, 5.41) is 13.1. The minimum atomic E-state index is -1.15. The van der Waals surface area contributed by atoms with Crippen molar-refractivity contribution in [3.63, 3.8) is 0 Å². The number of aliphatic carboxylic acids is 1. The number of nitrogens with zero attached hydrogens (tertiary/aromatic N) is 1. The third-order valence-electron chi connectivity index (χ3n) is 5.03. The number of carboxylic acids is 1. The molecule has 30 heavy (non-hydrogen) atoms. The number of hydrogen-bond donors (Lipinski definition) is 3. The normalized spacial score (nSPS) is 16.0. The van der Waals surface area contributed by atoms with E-state index in [0.717, 1.165) is 5.01 Å². The second-order valence-electron chi connectivity index (χ2n) is 7.39. The first-order chi connectivity index (χ1) is 14.3. The van der Waals surface area contributed by atoms with Gasteiger partial charge in [0.1, 0.15) is 6.04 Å². The minimum absolute atomic E-state index is 0.305. The van der Waals surface area contributed by atoms with E-state index in [9.17, 15) is 24.3 Å². The molecule has 0 saturated heterocycles. The molecule has 3 amide bonds. The Morgan fingerprint density at radius 1 is 0.933 bits per heavy atom. The summed E-state index contributed by atoms with van der Waals surface area (Å²) in [6.45, 7) is 3.45. The molecule has 0 fully saturated rings. The minimum Gasteiger partial charge on any atom is -0.480 e. The molecule has 8 nitrogen and oxygen atoms in total. The molecule has 1 aliphatic rings. The van der Waals surface area contributed by atoms with Gasteiger partial charge in [-0.2, -0.15) is 0 Å². The van der Waals surface area contributed by atoms with Gasteiger partial charge in [0, 0.05) is 11.6 Å². The van der Waals surface area contributed by atoms with Crippen LogP contribution in [0.3, 0.4) is 0 Å². The van der Waals surface area contributed by atoms with Crippen molar-refractivity contribution >= 4 is 23.7 Å². The Hall–Kier alpha value is -3.52. The molecule has 0 saturated carbocycles. The van der Waals surface area contributed by atoms with Crippen LogP contribution in [0.2, 0.25) is 0 Å². The molecule has 3 N–H and O–H groups in total. The van der Waals surface area contributed by atoms with E-state index >= 15 is 0 Å². The largest absolute Gasteiger partial charge is 0.480 e. The lowest BCUT2D eigenvalue weighted by Crippen LogP contribution is -2.50. The average molecular weight is 409 g/mol. The number of rotatable bonds is 8. The van der Waals surface area contributed by atoms with Crippen molar-refractivity contribution in [3.8, 4) is 0 Å². The Bertz CT molecular complexity index is 941. The lowest BCUT2D eigenvalue weighted by molar-refractivity contribution is -0.140. The predicted octanol–water partition coefficient (Wildman–Crippen LogP) is 2.09. The highest BCUT2D eigenvalue weighted by Gasteiger charge is 2.37. The van der Waals surface area contributed by atoms with Gasteiger partial charge in [-0.3, -0.25) is 14.4 Å². The number of amides is 3. The van der Waals surface area contributed by atoms with Gasteiger partial charge in [-0.1, -0.05) is 37.3 Å². The highest BCUT2D eigenvalue weighted by atomic mass is 16.4. The topological polar surface area (TPSA) is 116 Å². The van der Waals surface area contributed by atoms with Crippen LogP contribution in [0.5, 0.6) is 0 Å². The smallest absolute Gasteiger partial charge is 0.326 e. The zero-order chi connectivity index (χ0) is 21.8. The van der Waals surface area contributed by atoms with E-state index in [1.807, 2.05) is 0 Å².